The monoisotopic (exact) mass is 424 g/mol. The van der Waals surface area contributed by atoms with Crippen molar-refractivity contribution in [3.05, 3.63) is 88.4 Å². The number of rotatable bonds is 5. The van der Waals surface area contributed by atoms with E-state index >= 15 is 0 Å². The zero-order valence-corrected chi connectivity index (χ0v) is 16.4. The van der Waals surface area contributed by atoms with E-state index in [9.17, 15) is 5.11 Å². The highest BCUT2D eigenvalue weighted by atomic mass is 79.9. The fraction of sp³-hybridized carbons (Fsp3) is 0.0952. The molecule has 0 aliphatic rings. The second kappa shape index (κ2) is 7.48. The zero-order valence-electron chi connectivity index (χ0n) is 14.0. The van der Waals surface area contributed by atoms with Crippen LogP contribution in [-0.2, 0) is 13.1 Å². The molecule has 0 saturated heterocycles. The summed E-state index contributed by atoms with van der Waals surface area (Å²) in [6.45, 7) is 1.50. The quantitative estimate of drug-likeness (QED) is 0.428. The zero-order chi connectivity index (χ0) is 17.9. The summed E-state index contributed by atoms with van der Waals surface area (Å²) in [6, 6.07) is 24.0. The highest BCUT2D eigenvalue weighted by Crippen LogP contribution is 2.31. The number of phenolic OH excluding ortho intramolecular Hbond substituents is 1. The van der Waals surface area contributed by atoms with Crippen molar-refractivity contribution in [2.45, 2.75) is 13.1 Å². The van der Waals surface area contributed by atoms with Crippen molar-refractivity contribution in [3.63, 3.8) is 0 Å². The number of para-hydroxylation sites is 1. The molecule has 0 fully saturated rings. The van der Waals surface area contributed by atoms with Crippen molar-refractivity contribution in [1.29, 1.82) is 0 Å². The van der Waals surface area contributed by atoms with Crippen LogP contribution in [0.3, 0.4) is 0 Å². The lowest BCUT2D eigenvalue weighted by atomic mass is 10.1. The maximum atomic E-state index is 9.54. The van der Waals surface area contributed by atoms with E-state index in [0.717, 1.165) is 33.8 Å². The van der Waals surface area contributed by atoms with Gasteiger partial charge in [0.2, 0.25) is 0 Å². The first kappa shape index (κ1) is 17.1. The molecular formula is C21H17BrN2OS. The third kappa shape index (κ3) is 3.89. The van der Waals surface area contributed by atoms with E-state index in [1.54, 1.807) is 23.5 Å². The van der Waals surface area contributed by atoms with Crippen molar-refractivity contribution in [2.75, 3.05) is 4.90 Å². The van der Waals surface area contributed by atoms with Crippen LogP contribution < -0.4 is 4.90 Å². The molecule has 4 aromatic rings. The standard InChI is InChI=1S/C21H17BrN2OS/c22-17-9-5-15(6-10-17)13-24(14-16-7-11-18(25)12-8-16)21-23-19-3-1-2-4-20(19)26-21/h1-12,25H,13-14H2. The Hall–Kier alpha value is -2.37. The number of hydrogen-bond donors (Lipinski definition) is 1. The van der Waals surface area contributed by atoms with Crippen molar-refractivity contribution in [3.8, 4) is 5.75 Å². The van der Waals surface area contributed by atoms with Gasteiger partial charge in [-0.15, -0.1) is 0 Å². The number of anilines is 1. The minimum Gasteiger partial charge on any atom is -0.508 e. The van der Waals surface area contributed by atoms with Crippen LogP contribution >= 0.6 is 27.3 Å². The number of fused-ring (bicyclic) bond motifs is 1. The molecule has 0 aliphatic heterocycles. The van der Waals surface area contributed by atoms with Crippen LogP contribution in [0.15, 0.2) is 77.3 Å². The number of thiazole rings is 1. The molecule has 0 aliphatic carbocycles. The molecule has 1 aromatic heterocycles. The van der Waals surface area contributed by atoms with Gasteiger partial charge in [-0.25, -0.2) is 4.98 Å². The molecule has 130 valence electrons. The molecule has 3 aromatic carbocycles. The lowest BCUT2D eigenvalue weighted by Gasteiger charge is -2.22. The van der Waals surface area contributed by atoms with Crippen LogP contribution in [0.25, 0.3) is 10.2 Å². The van der Waals surface area contributed by atoms with Gasteiger partial charge >= 0.3 is 0 Å². The van der Waals surface area contributed by atoms with Gasteiger partial charge in [-0.1, -0.05) is 63.7 Å². The highest BCUT2D eigenvalue weighted by Gasteiger charge is 2.14. The summed E-state index contributed by atoms with van der Waals surface area (Å²) in [6.07, 6.45) is 0. The molecule has 0 amide bonds. The summed E-state index contributed by atoms with van der Waals surface area (Å²) in [5.74, 6) is 0.285. The molecule has 1 N–H and O–H groups in total. The number of phenols is 1. The second-order valence-electron chi connectivity index (χ2n) is 6.11. The van der Waals surface area contributed by atoms with E-state index in [4.69, 9.17) is 4.98 Å². The van der Waals surface area contributed by atoms with Gasteiger partial charge in [0.25, 0.3) is 0 Å². The maximum absolute atomic E-state index is 9.54. The largest absolute Gasteiger partial charge is 0.508 e. The SMILES string of the molecule is Oc1ccc(CN(Cc2ccc(Br)cc2)c2nc3ccccc3s2)cc1. The molecule has 0 atom stereocenters. The number of aromatic hydroxyl groups is 1. The molecular weight excluding hydrogens is 408 g/mol. The summed E-state index contributed by atoms with van der Waals surface area (Å²) in [7, 11) is 0. The molecule has 0 saturated carbocycles. The van der Waals surface area contributed by atoms with Crippen LogP contribution in [-0.4, -0.2) is 10.1 Å². The van der Waals surface area contributed by atoms with E-state index < -0.39 is 0 Å². The molecule has 0 unspecified atom stereocenters. The second-order valence-corrected chi connectivity index (χ2v) is 8.04. The predicted octanol–water partition coefficient (Wildman–Crippen LogP) is 5.97. The normalized spacial score (nSPS) is 11.0. The summed E-state index contributed by atoms with van der Waals surface area (Å²) < 4.78 is 2.26. The van der Waals surface area contributed by atoms with Gasteiger partial charge < -0.3 is 10.0 Å². The molecule has 4 rings (SSSR count). The average Bonchev–Trinajstić information content (AvgIpc) is 3.09. The van der Waals surface area contributed by atoms with E-state index in [0.29, 0.717) is 0 Å². The number of benzene rings is 3. The summed E-state index contributed by atoms with van der Waals surface area (Å²) in [5, 5.41) is 10.5. The van der Waals surface area contributed by atoms with Gasteiger partial charge in [0.05, 0.1) is 10.2 Å². The van der Waals surface area contributed by atoms with E-state index in [1.165, 1.54) is 10.3 Å². The Kier molecular flexibility index (Phi) is 4.91. The summed E-state index contributed by atoms with van der Waals surface area (Å²) in [4.78, 5) is 7.10. The Bertz CT molecular complexity index is 932. The average molecular weight is 425 g/mol. The highest BCUT2D eigenvalue weighted by molar-refractivity contribution is 9.10. The number of halogens is 1. The Morgan fingerprint density at radius 1 is 0.846 bits per heavy atom. The van der Waals surface area contributed by atoms with Crippen molar-refractivity contribution >= 4 is 42.6 Å². The molecule has 1 heterocycles. The molecule has 0 spiro atoms. The van der Waals surface area contributed by atoms with Crippen molar-refractivity contribution in [1.82, 2.24) is 4.98 Å². The van der Waals surface area contributed by atoms with Gasteiger partial charge in [0.1, 0.15) is 5.75 Å². The van der Waals surface area contributed by atoms with Gasteiger partial charge in [0.15, 0.2) is 5.13 Å². The fourth-order valence-corrected chi connectivity index (χ4v) is 4.05. The van der Waals surface area contributed by atoms with Crippen LogP contribution in [0.5, 0.6) is 5.75 Å². The number of hydrogen-bond acceptors (Lipinski definition) is 4. The molecule has 0 bridgehead atoms. The van der Waals surface area contributed by atoms with Gasteiger partial charge in [-0.3, -0.25) is 0 Å². The first-order chi connectivity index (χ1) is 12.7. The third-order valence-electron chi connectivity index (χ3n) is 4.15. The molecule has 3 nitrogen and oxygen atoms in total. The van der Waals surface area contributed by atoms with Crippen LogP contribution in [0.2, 0.25) is 0 Å². The smallest absolute Gasteiger partial charge is 0.187 e. The Labute approximate surface area is 164 Å². The number of nitrogens with zero attached hydrogens (tertiary/aromatic N) is 2. The van der Waals surface area contributed by atoms with Crippen LogP contribution in [0, 0.1) is 0 Å². The molecule has 5 heteroatoms. The van der Waals surface area contributed by atoms with Gasteiger partial charge in [-0.2, -0.15) is 0 Å². The fourth-order valence-electron chi connectivity index (χ4n) is 2.82. The Morgan fingerprint density at radius 3 is 2.12 bits per heavy atom. The van der Waals surface area contributed by atoms with Crippen LogP contribution in [0.1, 0.15) is 11.1 Å². The van der Waals surface area contributed by atoms with E-state index in [1.807, 2.05) is 30.3 Å². The van der Waals surface area contributed by atoms with Gasteiger partial charge in [0, 0.05) is 17.6 Å². The Balaban J connectivity index is 1.67. The first-order valence-electron chi connectivity index (χ1n) is 8.30. The maximum Gasteiger partial charge on any atom is 0.187 e. The van der Waals surface area contributed by atoms with Crippen molar-refractivity contribution < 1.29 is 5.11 Å². The topological polar surface area (TPSA) is 36.4 Å². The van der Waals surface area contributed by atoms with Crippen LogP contribution in [0.4, 0.5) is 5.13 Å². The summed E-state index contributed by atoms with van der Waals surface area (Å²) in [5.41, 5.74) is 3.39. The first-order valence-corrected chi connectivity index (χ1v) is 9.91. The third-order valence-corrected chi connectivity index (χ3v) is 5.78. The minimum atomic E-state index is 0.285. The van der Waals surface area contributed by atoms with E-state index in [2.05, 4.69) is 51.2 Å². The Morgan fingerprint density at radius 2 is 1.46 bits per heavy atom. The lowest BCUT2D eigenvalue weighted by molar-refractivity contribution is 0.475. The summed E-state index contributed by atoms with van der Waals surface area (Å²) >= 11 is 5.20. The van der Waals surface area contributed by atoms with E-state index in [-0.39, 0.29) is 5.75 Å². The molecule has 0 radical (unpaired) electrons. The van der Waals surface area contributed by atoms with Gasteiger partial charge in [-0.05, 0) is 47.5 Å². The minimum absolute atomic E-state index is 0.285. The lowest BCUT2D eigenvalue weighted by Crippen LogP contribution is -2.21. The predicted molar refractivity (Wildman–Crippen MR) is 112 cm³/mol. The number of aromatic nitrogens is 1. The molecule has 26 heavy (non-hydrogen) atoms. The van der Waals surface area contributed by atoms with Crippen molar-refractivity contribution in [2.24, 2.45) is 0 Å².